The fourth-order valence-electron chi connectivity index (χ4n) is 18.2. The summed E-state index contributed by atoms with van der Waals surface area (Å²) in [5, 5.41) is 0. The molecule has 0 spiro atoms. The number of hydrogen-bond donors (Lipinski definition) is 0. The Hall–Kier alpha value is -13.7. The number of carbonyl (C=O) groups is 3. The van der Waals surface area contributed by atoms with Gasteiger partial charge in [-0.15, -0.1) is 0 Å². The van der Waals surface area contributed by atoms with Crippen LogP contribution in [0.25, 0.3) is 0 Å². The van der Waals surface area contributed by atoms with Crippen LogP contribution in [0.4, 0.5) is 72.0 Å². The highest BCUT2D eigenvalue weighted by molar-refractivity contribution is 6.12. The van der Waals surface area contributed by atoms with Gasteiger partial charge in [-0.2, -0.15) is 0 Å². The van der Waals surface area contributed by atoms with Crippen molar-refractivity contribution in [3.8, 4) is 34.5 Å². The highest BCUT2D eigenvalue weighted by atomic mass is 16.5. The zero-order chi connectivity index (χ0) is 92.5. The molecule has 6 amide bonds. The smallest absolute Gasteiger partial charge is 0.336 e. The first-order valence-corrected chi connectivity index (χ1v) is 45.1. The number of rotatable bonds is 23. The molecule has 6 aromatic carbocycles. The Bertz CT molecular complexity index is 6080. The van der Waals surface area contributed by atoms with Crippen molar-refractivity contribution in [3.05, 3.63) is 278 Å². The minimum absolute atomic E-state index is 0.0334. The van der Waals surface area contributed by atoms with E-state index in [-0.39, 0.29) is 24.2 Å². The molecule has 6 aliphatic rings. The van der Waals surface area contributed by atoms with E-state index in [0.29, 0.717) is 114 Å². The van der Waals surface area contributed by atoms with Gasteiger partial charge >= 0.3 is 18.1 Å². The molecule has 132 heavy (non-hydrogen) atoms. The van der Waals surface area contributed by atoms with Crippen molar-refractivity contribution < 1.29 is 42.8 Å². The number of piperidine rings is 1. The largest absolute Gasteiger partial charge is 0.496 e. The Labute approximate surface area is 773 Å². The summed E-state index contributed by atoms with van der Waals surface area (Å²) in [6.45, 7) is 28.7. The molecule has 0 radical (unpaired) electrons. The maximum absolute atomic E-state index is 14.3. The molecule has 0 aliphatic carbocycles. The number of pyridine rings is 3. The number of likely N-dealkylation sites (tertiary alicyclic amines) is 1. The average Bonchev–Trinajstić information content (AvgIpc) is 0.757. The molecule has 0 saturated carbocycles. The summed E-state index contributed by atoms with van der Waals surface area (Å²) in [6, 6.07) is 47.5. The lowest BCUT2D eigenvalue weighted by molar-refractivity contribution is 0.148. The molecular weight excluding hydrogens is 1660 g/mol. The monoisotopic (exact) mass is 1780 g/mol. The van der Waals surface area contributed by atoms with Crippen LogP contribution in [0.2, 0.25) is 0 Å². The second kappa shape index (κ2) is 40.7. The van der Waals surface area contributed by atoms with E-state index in [0.717, 1.165) is 192 Å². The molecule has 12 aromatic rings. The van der Waals surface area contributed by atoms with Gasteiger partial charge in [-0.3, -0.25) is 19.6 Å². The lowest BCUT2D eigenvalue weighted by atomic mass is 9.88. The predicted molar refractivity (Wildman–Crippen MR) is 516 cm³/mol. The van der Waals surface area contributed by atoms with Gasteiger partial charge in [-0.05, 0) is 207 Å². The first kappa shape index (κ1) is 91.6. The minimum Gasteiger partial charge on any atom is -0.496 e. The average molecular weight is 1780 g/mol. The molecule has 0 atom stereocenters. The number of carbonyl (C=O) groups excluding carboxylic acids is 3. The number of benzene rings is 6. The number of nitrogens with zero attached hydrogens (tertiary/aromatic N) is 20. The molecule has 6 aliphatic heterocycles. The maximum atomic E-state index is 14.3. The Morgan fingerprint density at radius 2 is 0.735 bits per heavy atom. The quantitative estimate of drug-likeness (QED) is 0.0576. The highest BCUT2D eigenvalue weighted by Gasteiger charge is 2.41. The number of fused-ring (bicyclic) bond motifs is 3. The van der Waals surface area contributed by atoms with E-state index in [2.05, 4.69) is 129 Å². The Morgan fingerprint density at radius 1 is 0.371 bits per heavy atom. The summed E-state index contributed by atoms with van der Waals surface area (Å²) in [5.41, 5.74) is 18.0. The van der Waals surface area contributed by atoms with Crippen LogP contribution in [0.15, 0.2) is 183 Å². The van der Waals surface area contributed by atoms with E-state index in [1.54, 1.807) is 120 Å². The topological polar surface area (TPSA) is 258 Å². The number of amides is 6. The van der Waals surface area contributed by atoms with Crippen LogP contribution in [-0.4, -0.2) is 211 Å². The number of anilines is 10. The Balaban J connectivity index is 0.000000144. The lowest BCUT2D eigenvalue weighted by Crippen LogP contribution is -2.46. The van der Waals surface area contributed by atoms with E-state index >= 15 is 0 Å². The van der Waals surface area contributed by atoms with Gasteiger partial charge in [0.2, 0.25) is 0 Å². The van der Waals surface area contributed by atoms with Crippen molar-refractivity contribution in [2.45, 2.75) is 126 Å². The van der Waals surface area contributed by atoms with Gasteiger partial charge in [-0.25, -0.2) is 73.9 Å². The van der Waals surface area contributed by atoms with Gasteiger partial charge in [0, 0.05) is 142 Å². The number of ether oxygens (including phenoxy) is 6. The van der Waals surface area contributed by atoms with Crippen molar-refractivity contribution in [2.24, 2.45) is 0 Å². The van der Waals surface area contributed by atoms with Gasteiger partial charge in [-0.1, -0.05) is 84.9 Å². The Morgan fingerprint density at radius 3 is 1.11 bits per heavy atom. The summed E-state index contributed by atoms with van der Waals surface area (Å²) in [5.74, 6) is 9.63. The number of urea groups is 3. The van der Waals surface area contributed by atoms with E-state index < -0.39 is 0 Å². The molecule has 0 bridgehead atoms. The number of hydrogen-bond acceptors (Lipinski definition) is 23. The van der Waals surface area contributed by atoms with Gasteiger partial charge in [0.25, 0.3) is 0 Å². The SMILES string of the molecule is COc1ccc(N2C(=O)N(c3c(C)cccc3C)Cc3cnc(Cc4ccc(C5CCN(C)CC5)cc4OC(C)C)nc32)nc1.COc1ccc(N2C(=O)N(c3c(C)cccc3C)Cc3cnc(Cc4ccc(CN5CCN(C)CC5)cc4OC)nc32)nc1.COc1ccc(N2C(=O)N(c3c(C)cccc3C)Cc3cnc(Cc4ccc(N5CCN(C)CC5)cc4OC)nc32)nc1. The van der Waals surface area contributed by atoms with E-state index in [4.69, 9.17) is 58.3 Å². The minimum atomic E-state index is -0.221. The number of aryl methyl sites for hydroxylation is 6. The molecule has 29 heteroatoms. The lowest BCUT2D eigenvalue weighted by Gasteiger charge is -2.36. The van der Waals surface area contributed by atoms with Crippen molar-refractivity contribution in [1.29, 1.82) is 0 Å². The Kier molecular flexibility index (Phi) is 28.3. The summed E-state index contributed by atoms with van der Waals surface area (Å²) in [4.78, 5) is 108. The van der Waals surface area contributed by atoms with E-state index in [1.807, 2.05) is 115 Å². The van der Waals surface area contributed by atoms with Gasteiger partial charge in [0.15, 0.2) is 17.5 Å². The van der Waals surface area contributed by atoms with Crippen LogP contribution >= 0.6 is 0 Å². The zero-order valence-electron chi connectivity index (χ0n) is 78.5. The second-order valence-corrected chi connectivity index (χ2v) is 35.1. The molecule has 18 rings (SSSR count). The van der Waals surface area contributed by atoms with Crippen LogP contribution in [0.1, 0.15) is 128 Å². The van der Waals surface area contributed by atoms with Gasteiger partial charge in [0.1, 0.15) is 69.4 Å². The third-order valence-corrected chi connectivity index (χ3v) is 25.4. The number of para-hydroxylation sites is 3. The molecule has 29 nitrogen and oxygen atoms in total. The van der Waals surface area contributed by atoms with Crippen LogP contribution in [0.5, 0.6) is 34.5 Å². The first-order chi connectivity index (χ1) is 63.9. The van der Waals surface area contributed by atoms with Crippen LogP contribution in [0, 0.1) is 41.5 Å². The van der Waals surface area contributed by atoms with Crippen LogP contribution in [-0.2, 0) is 45.4 Å². The third kappa shape index (κ3) is 20.2. The fourth-order valence-corrected chi connectivity index (χ4v) is 18.2. The standard InChI is InChI=1S/C36H42N6O3.C34H39N7O3.C33H37N7O3/c1-23(2)45-31-18-27(26-14-16-40(5)17-15-26)10-11-28(31)19-32-37-20-29-22-41(34-24(3)8-7-9-25(34)4)36(43)42(35(29)39-32)33-13-12-30(44-6)21-38-33;1-23-7-6-8-24(2)32(23)40-22-27-19-35-30(37-33(27)41(34(40)42)31-12-11-28(43-4)20-36-31)18-26-10-9-25(17-29(26)44-5)21-39-15-13-38(3)14-16-39;1-22-7-6-8-23(2)31(22)39-21-25-19-34-29(36-32(25)40(33(39)41)30-12-11-27(42-4)20-35-30)17-24-9-10-26(18-28(24)43-5)38-15-13-37(3)14-16-38/h7-13,18,20-21,23,26H,14-17,19,22H2,1-6H3;6-12,17,19-20H,13-16,18,21-22H2,1-5H3;6-12,18-20H,13-17,21H2,1-5H3. The van der Waals surface area contributed by atoms with Crippen LogP contribution in [0.3, 0.4) is 0 Å². The molecule has 0 unspecified atom stereocenters. The van der Waals surface area contributed by atoms with Crippen molar-refractivity contribution in [1.82, 2.24) is 64.5 Å². The number of likely N-dealkylation sites (N-methyl/N-ethyl adjacent to an activating group) is 2. The van der Waals surface area contributed by atoms with Crippen LogP contribution < -0.4 is 62.7 Å². The summed E-state index contributed by atoms with van der Waals surface area (Å²) < 4.78 is 33.9. The number of piperazine rings is 2. The fraction of sp³-hybridized carbons (Fsp3) is 0.359. The first-order valence-electron chi connectivity index (χ1n) is 45.1. The molecule has 12 heterocycles. The van der Waals surface area contributed by atoms with Crippen molar-refractivity contribution in [3.63, 3.8) is 0 Å². The molecule has 684 valence electrons. The molecule has 3 saturated heterocycles. The van der Waals surface area contributed by atoms with Crippen molar-refractivity contribution in [2.75, 3.05) is 156 Å². The summed E-state index contributed by atoms with van der Waals surface area (Å²) >= 11 is 0. The number of methoxy groups -OCH3 is 5. The summed E-state index contributed by atoms with van der Waals surface area (Å²) in [7, 11) is 14.7. The molecule has 6 aromatic heterocycles. The predicted octanol–water partition coefficient (Wildman–Crippen LogP) is 17.2. The molecule has 0 N–H and O–H groups in total. The van der Waals surface area contributed by atoms with Crippen molar-refractivity contribution >= 4 is 75.8 Å². The zero-order valence-corrected chi connectivity index (χ0v) is 78.5. The normalized spacial score (nSPS) is 15.7. The second-order valence-electron chi connectivity index (χ2n) is 35.1. The number of aromatic nitrogens is 9. The highest BCUT2D eigenvalue weighted by Crippen LogP contribution is 2.44. The summed E-state index contributed by atoms with van der Waals surface area (Å²) in [6.07, 6.45) is 14.0. The maximum Gasteiger partial charge on any atom is 0.336 e. The van der Waals surface area contributed by atoms with E-state index in [1.165, 1.54) is 11.1 Å². The molecular formula is C103H118N20O9. The van der Waals surface area contributed by atoms with Gasteiger partial charge < -0.3 is 48.0 Å². The van der Waals surface area contributed by atoms with Gasteiger partial charge in [0.05, 0.1) is 96.9 Å². The third-order valence-electron chi connectivity index (χ3n) is 25.4. The molecule has 3 fully saturated rings. The van der Waals surface area contributed by atoms with E-state index in [9.17, 15) is 14.4 Å².